The second-order valence-corrected chi connectivity index (χ2v) is 2.43. The highest BCUT2D eigenvalue weighted by Gasteiger charge is 1.99. The van der Waals surface area contributed by atoms with Crippen LogP contribution < -0.4 is 0 Å². The fraction of sp³-hybridized carbons (Fsp3) is 0.833. The molecule has 0 fully saturated rings. The third kappa shape index (κ3) is 2.57. The Morgan fingerprint density at radius 3 is 2.60 bits per heavy atom. The summed E-state index contributed by atoms with van der Waals surface area (Å²) >= 11 is 0. The fourth-order valence-corrected chi connectivity index (χ4v) is 0.634. The van der Waals surface area contributed by atoms with Gasteiger partial charge < -0.3 is 0 Å². The van der Waals surface area contributed by atoms with Crippen molar-refractivity contribution in [2.24, 2.45) is 5.92 Å². The molecule has 0 atom stereocenters. The van der Waals surface area contributed by atoms with Gasteiger partial charge in [-0.15, -0.1) is 10.2 Å². The Bertz CT molecular complexity index is 156. The molecule has 0 spiro atoms. The molecule has 0 aliphatic heterocycles. The molecule has 1 N–H and O–H groups in total. The lowest BCUT2D eigenvalue weighted by atomic mass is 10.1. The van der Waals surface area contributed by atoms with Gasteiger partial charge in [-0.1, -0.05) is 26.5 Å². The van der Waals surface area contributed by atoms with Crippen molar-refractivity contribution in [1.29, 1.82) is 0 Å². The number of H-pyrrole nitrogens is 1. The Labute approximate surface area is 61.0 Å². The summed E-state index contributed by atoms with van der Waals surface area (Å²) in [6.45, 7) is 4.24. The van der Waals surface area contributed by atoms with Gasteiger partial charge in [0.15, 0.2) is 5.82 Å². The van der Waals surface area contributed by atoms with Crippen molar-refractivity contribution in [3.8, 4) is 0 Å². The summed E-state index contributed by atoms with van der Waals surface area (Å²) < 4.78 is 0. The van der Waals surface area contributed by atoms with Crippen molar-refractivity contribution in [3.05, 3.63) is 5.82 Å². The lowest BCUT2D eigenvalue weighted by molar-refractivity contribution is 0.621. The maximum absolute atomic E-state index is 3.81. The summed E-state index contributed by atoms with van der Waals surface area (Å²) in [4.78, 5) is 0. The lowest BCUT2D eigenvalue weighted by Gasteiger charge is -1.95. The fourth-order valence-electron chi connectivity index (χ4n) is 0.634. The van der Waals surface area contributed by atoms with Crippen molar-refractivity contribution in [2.45, 2.75) is 27.7 Å². The topological polar surface area (TPSA) is 54.5 Å². The number of nitrogens with one attached hydrogen (secondary N) is 1. The van der Waals surface area contributed by atoms with Crippen molar-refractivity contribution in [2.75, 3.05) is 0 Å². The second-order valence-electron chi connectivity index (χ2n) is 2.43. The molecular formula is C6H14N4. The highest BCUT2D eigenvalue weighted by molar-refractivity contribution is 4.76. The molecule has 0 radical (unpaired) electrons. The zero-order valence-corrected chi connectivity index (χ0v) is 5.63. The molecule has 1 aromatic rings. The molecule has 10 heavy (non-hydrogen) atoms. The first-order chi connectivity index (χ1) is 4.29. The normalized spacial score (nSPS) is 9.50. The third-order valence-electron chi connectivity index (χ3n) is 0.980. The molecule has 0 aromatic carbocycles. The van der Waals surface area contributed by atoms with Crippen LogP contribution in [0.1, 0.15) is 27.1 Å². The summed E-state index contributed by atoms with van der Waals surface area (Å²) in [5, 5.41) is 13.5. The van der Waals surface area contributed by atoms with Gasteiger partial charge in [0.25, 0.3) is 0 Å². The van der Waals surface area contributed by atoms with E-state index >= 15 is 0 Å². The standard InChI is InChI=1S/C5H10N4.CH4/c1-4(2)3-5-6-8-9-7-5;/h4H,3H2,1-2H3,(H,6,7,8,9);1H4. The maximum Gasteiger partial charge on any atom is 0.174 e. The molecule has 0 saturated carbocycles. The van der Waals surface area contributed by atoms with Gasteiger partial charge in [0.1, 0.15) is 0 Å². The SMILES string of the molecule is C.CC(C)Cc1nn[nH]n1. The Hall–Kier alpha value is -0.930. The van der Waals surface area contributed by atoms with Crippen molar-refractivity contribution in [3.63, 3.8) is 0 Å². The Morgan fingerprint density at radius 1 is 1.50 bits per heavy atom. The van der Waals surface area contributed by atoms with Gasteiger partial charge in [-0.05, 0) is 5.92 Å². The molecule has 0 aliphatic rings. The van der Waals surface area contributed by atoms with E-state index in [4.69, 9.17) is 0 Å². The van der Waals surface area contributed by atoms with Crippen LogP contribution in [0.15, 0.2) is 0 Å². The van der Waals surface area contributed by atoms with Crippen LogP contribution in [0.3, 0.4) is 0 Å². The maximum atomic E-state index is 3.81. The Kier molecular flexibility index (Phi) is 3.61. The predicted molar refractivity (Wildman–Crippen MR) is 39.5 cm³/mol. The highest BCUT2D eigenvalue weighted by Crippen LogP contribution is 1.98. The van der Waals surface area contributed by atoms with E-state index in [1.807, 2.05) is 0 Å². The summed E-state index contributed by atoms with van der Waals surface area (Å²) in [7, 11) is 0. The van der Waals surface area contributed by atoms with Gasteiger partial charge in [0.05, 0.1) is 0 Å². The molecule has 0 bridgehead atoms. The number of aromatic nitrogens is 4. The molecule has 0 unspecified atom stereocenters. The summed E-state index contributed by atoms with van der Waals surface area (Å²) in [6.07, 6.45) is 0.899. The molecule has 58 valence electrons. The third-order valence-corrected chi connectivity index (χ3v) is 0.980. The molecular weight excluding hydrogens is 128 g/mol. The van der Waals surface area contributed by atoms with E-state index in [9.17, 15) is 0 Å². The minimum atomic E-state index is 0. The largest absolute Gasteiger partial charge is 0.177 e. The van der Waals surface area contributed by atoms with Crippen LogP contribution in [0, 0.1) is 5.92 Å². The van der Waals surface area contributed by atoms with Gasteiger partial charge >= 0.3 is 0 Å². The smallest absolute Gasteiger partial charge is 0.174 e. The van der Waals surface area contributed by atoms with Gasteiger partial charge in [0.2, 0.25) is 0 Å². The number of aromatic amines is 1. The quantitative estimate of drug-likeness (QED) is 0.671. The number of nitrogens with zero attached hydrogens (tertiary/aromatic N) is 3. The van der Waals surface area contributed by atoms with Crippen LogP contribution in [0.4, 0.5) is 0 Å². The molecule has 0 aliphatic carbocycles. The molecule has 1 heterocycles. The van der Waals surface area contributed by atoms with Crippen molar-refractivity contribution in [1.82, 2.24) is 20.6 Å². The summed E-state index contributed by atoms with van der Waals surface area (Å²) in [6, 6.07) is 0. The molecule has 0 saturated heterocycles. The summed E-state index contributed by atoms with van der Waals surface area (Å²) in [5.41, 5.74) is 0. The van der Waals surface area contributed by atoms with Gasteiger partial charge in [-0.25, -0.2) is 0 Å². The summed E-state index contributed by atoms with van der Waals surface area (Å²) in [5.74, 6) is 1.40. The average Bonchev–Trinajstić information content (AvgIpc) is 2.15. The first-order valence-electron chi connectivity index (χ1n) is 3.01. The van der Waals surface area contributed by atoms with Crippen molar-refractivity contribution >= 4 is 0 Å². The Morgan fingerprint density at radius 2 is 2.20 bits per heavy atom. The van der Waals surface area contributed by atoms with Crippen LogP contribution in [-0.4, -0.2) is 20.6 Å². The van der Waals surface area contributed by atoms with Crippen LogP contribution in [0.25, 0.3) is 0 Å². The molecule has 1 aromatic heterocycles. The van der Waals surface area contributed by atoms with E-state index in [0.717, 1.165) is 12.2 Å². The highest BCUT2D eigenvalue weighted by atomic mass is 15.5. The molecule has 4 nitrogen and oxygen atoms in total. The van der Waals surface area contributed by atoms with Crippen molar-refractivity contribution < 1.29 is 0 Å². The first kappa shape index (κ1) is 9.07. The van der Waals surface area contributed by atoms with Crippen LogP contribution in [-0.2, 0) is 6.42 Å². The second kappa shape index (κ2) is 3.98. The van der Waals surface area contributed by atoms with Gasteiger partial charge in [0, 0.05) is 6.42 Å². The predicted octanol–water partition coefficient (Wildman–Crippen LogP) is 1.03. The van der Waals surface area contributed by atoms with E-state index in [1.165, 1.54) is 0 Å². The van der Waals surface area contributed by atoms with E-state index in [-0.39, 0.29) is 7.43 Å². The van der Waals surface area contributed by atoms with Crippen LogP contribution >= 0.6 is 0 Å². The van der Waals surface area contributed by atoms with Crippen LogP contribution in [0.2, 0.25) is 0 Å². The van der Waals surface area contributed by atoms with Gasteiger partial charge in [-0.3, -0.25) is 0 Å². The van der Waals surface area contributed by atoms with Crippen LogP contribution in [0.5, 0.6) is 0 Å². The minimum absolute atomic E-state index is 0. The number of hydrogen-bond donors (Lipinski definition) is 1. The lowest BCUT2D eigenvalue weighted by Crippen LogP contribution is -1.95. The number of rotatable bonds is 2. The van der Waals surface area contributed by atoms with Gasteiger partial charge in [-0.2, -0.15) is 5.21 Å². The Balaban J connectivity index is 0.000000810. The zero-order valence-electron chi connectivity index (χ0n) is 5.63. The minimum Gasteiger partial charge on any atom is -0.177 e. The molecule has 4 heteroatoms. The number of tetrazole rings is 1. The average molecular weight is 142 g/mol. The zero-order chi connectivity index (χ0) is 6.69. The van der Waals surface area contributed by atoms with E-state index in [0.29, 0.717) is 5.92 Å². The number of hydrogen-bond acceptors (Lipinski definition) is 3. The van der Waals surface area contributed by atoms with E-state index in [2.05, 4.69) is 34.5 Å². The monoisotopic (exact) mass is 142 g/mol. The van der Waals surface area contributed by atoms with E-state index in [1.54, 1.807) is 0 Å². The molecule has 1 rings (SSSR count). The molecule has 0 amide bonds. The van der Waals surface area contributed by atoms with E-state index < -0.39 is 0 Å². The first-order valence-corrected chi connectivity index (χ1v) is 3.01.